The molecule has 1 aromatic carbocycles. The summed E-state index contributed by atoms with van der Waals surface area (Å²) in [6, 6.07) is 6.05. The van der Waals surface area contributed by atoms with Gasteiger partial charge in [0.15, 0.2) is 0 Å². The molecule has 0 saturated heterocycles. The molecule has 0 saturated carbocycles. The van der Waals surface area contributed by atoms with E-state index in [1.165, 1.54) is 38.1 Å². The van der Waals surface area contributed by atoms with Crippen LogP contribution < -0.4 is 0 Å². The molecule has 92 valence electrons. The summed E-state index contributed by atoms with van der Waals surface area (Å²) in [7, 11) is 2.94. The fraction of sp³-hybridized carbons (Fsp3) is 0.300. The normalized spacial score (nSPS) is 10.0. The fourth-order valence-electron chi connectivity index (χ4n) is 1.00. The van der Waals surface area contributed by atoms with Crippen molar-refractivity contribution in [2.45, 2.75) is 4.90 Å². The lowest BCUT2D eigenvalue weighted by atomic mass is 10.3. The minimum Gasteiger partial charge on any atom is -0.275 e. The molecule has 17 heavy (non-hydrogen) atoms. The number of non-ortho nitro benzene ring substituents is 1. The molecule has 1 rings (SSSR count). The number of hydrogen-bond donors (Lipinski definition) is 0. The van der Waals surface area contributed by atoms with Gasteiger partial charge >= 0.3 is 0 Å². The predicted octanol–water partition coefficient (Wildman–Crippen LogP) is 1.71. The average molecular weight is 256 g/mol. The van der Waals surface area contributed by atoms with Crippen molar-refractivity contribution in [1.29, 1.82) is 0 Å². The quantitative estimate of drug-likeness (QED) is 0.455. The third kappa shape index (κ3) is 4.04. The van der Waals surface area contributed by atoms with Crippen LogP contribution in [-0.4, -0.2) is 35.8 Å². The Labute approximate surface area is 103 Å². The van der Waals surface area contributed by atoms with E-state index in [1.807, 2.05) is 0 Å². The molecule has 0 aliphatic carbocycles. The van der Waals surface area contributed by atoms with E-state index in [-0.39, 0.29) is 17.3 Å². The van der Waals surface area contributed by atoms with Gasteiger partial charge in [0.05, 0.1) is 17.8 Å². The Morgan fingerprint density at radius 1 is 1.47 bits per heavy atom. The van der Waals surface area contributed by atoms with Gasteiger partial charge in [-0.2, -0.15) is 0 Å². The number of nitro groups is 1. The van der Waals surface area contributed by atoms with Crippen LogP contribution in [0.15, 0.2) is 29.2 Å². The van der Waals surface area contributed by atoms with Gasteiger partial charge in [-0.1, -0.05) is 0 Å². The van der Waals surface area contributed by atoms with E-state index in [0.717, 1.165) is 9.96 Å². The molecule has 0 fully saturated rings. The zero-order valence-electron chi connectivity index (χ0n) is 9.45. The summed E-state index contributed by atoms with van der Waals surface area (Å²) in [4.78, 5) is 26.9. The number of nitro benzene ring substituents is 1. The van der Waals surface area contributed by atoms with Gasteiger partial charge in [0.1, 0.15) is 0 Å². The molecule has 0 unspecified atom stereocenters. The zero-order valence-corrected chi connectivity index (χ0v) is 10.3. The summed E-state index contributed by atoms with van der Waals surface area (Å²) in [6.07, 6.45) is 0. The van der Waals surface area contributed by atoms with E-state index in [1.54, 1.807) is 12.1 Å². The van der Waals surface area contributed by atoms with E-state index >= 15 is 0 Å². The highest BCUT2D eigenvalue weighted by molar-refractivity contribution is 8.00. The summed E-state index contributed by atoms with van der Waals surface area (Å²) < 4.78 is 0. The van der Waals surface area contributed by atoms with Crippen molar-refractivity contribution in [1.82, 2.24) is 5.06 Å². The molecule has 0 radical (unpaired) electrons. The van der Waals surface area contributed by atoms with Crippen LogP contribution in [-0.2, 0) is 9.63 Å². The molecule has 0 bridgehead atoms. The van der Waals surface area contributed by atoms with Crippen LogP contribution in [0.4, 0.5) is 5.69 Å². The van der Waals surface area contributed by atoms with Crippen molar-refractivity contribution in [3.63, 3.8) is 0 Å². The number of carbonyl (C=O) groups is 1. The number of hydroxylamine groups is 2. The first-order chi connectivity index (χ1) is 8.04. The molecule has 1 aromatic rings. The Morgan fingerprint density at radius 3 is 2.53 bits per heavy atom. The van der Waals surface area contributed by atoms with Crippen molar-refractivity contribution in [2.24, 2.45) is 0 Å². The van der Waals surface area contributed by atoms with Crippen LogP contribution in [0, 0.1) is 10.1 Å². The number of rotatable bonds is 5. The Balaban J connectivity index is 2.53. The summed E-state index contributed by atoms with van der Waals surface area (Å²) in [5.41, 5.74) is 0.0367. The van der Waals surface area contributed by atoms with Gasteiger partial charge in [0.2, 0.25) is 0 Å². The van der Waals surface area contributed by atoms with E-state index < -0.39 is 4.92 Å². The first-order valence-corrected chi connectivity index (χ1v) is 5.71. The van der Waals surface area contributed by atoms with Crippen molar-refractivity contribution in [2.75, 3.05) is 19.9 Å². The van der Waals surface area contributed by atoms with E-state index in [4.69, 9.17) is 4.84 Å². The van der Waals surface area contributed by atoms with Crippen LogP contribution >= 0.6 is 11.8 Å². The molecular formula is C10H12N2O4S. The minimum atomic E-state index is -0.460. The third-order valence-corrected chi connectivity index (χ3v) is 3.03. The summed E-state index contributed by atoms with van der Waals surface area (Å²) >= 11 is 1.30. The van der Waals surface area contributed by atoms with Gasteiger partial charge < -0.3 is 0 Å². The van der Waals surface area contributed by atoms with Gasteiger partial charge in [-0.25, -0.2) is 5.06 Å². The molecule has 6 nitrogen and oxygen atoms in total. The Kier molecular flexibility index (Phi) is 4.92. The zero-order chi connectivity index (χ0) is 12.8. The van der Waals surface area contributed by atoms with Gasteiger partial charge in [-0.05, 0) is 12.1 Å². The minimum absolute atomic E-state index is 0.0367. The highest BCUT2D eigenvalue weighted by Gasteiger charge is 2.09. The molecule has 7 heteroatoms. The second-order valence-electron chi connectivity index (χ2n) is 3.11. The number of hydrogen-bond acceptors (Lipinski definition) is 5. The highest BCUT2D eigenvalue weighted by atomic mass is 32.2. The molecule has 0 N–H and O–H groups in total. The maximum atomic E-state index is 11.4. The van der Waals surface area contributed by atoms with Crippen LogP contribution in [0.5, 0.6) is 0 Å². The van der Waals surface area contributed by atoms with Crippen molar-refractivity contribution in [3.05, 3.63) is 34.4 Å². The second-order valence-corrected chi connectivity index (χ2v) is 4.16. The molecular weight excluding hydrogens is 244 g/mol. The number of nitrogens with zero attached hydrogens (tertiary/aromatic N) is 2. The highest BCUT2D eigenvalue weighted by Crippen LogP contribution is 2.21. The molecule has 0 aliphatic heterocycles. The first kappa shape index (κ1) is 13.5. The molecule has 0 aliphatic rings. The predicted molar refractivity (Wildman–Crippen MR) is 63.6 cm³/mol. The van der Waals surface area contributed by atoms with E-state index in [2.05, 4.69) is 0 Å². The van der Waals surface area contributed by atoms with Gasteiger partial charge in [0, 0.05) is 24.1 Å². The fourth-order valence-corrected chi connectivity index (χ4v) is 1.80. The maximum Gasteiger partial charge on any atom is 0.269 e. The van der Waals surface area contributed by atoms with E-state index in [9.17, 15) is 14.9 Å². The Bertz CT molecular complexity index is 407. The van der Waals surface area contributed by atoms with Crippen molar-refractivity contribution < 1.29 is 14.6 Å². The molecule has 0 heterocycles. The monoisotopic (exact) mass is 256 g/mol. The SMILES string of the molecule is CON(C)C(=O)CSc1ccc([N+](=O)[O-])cc1. The van der Waals surface area contributed by atoms with Gasteiger partial charge in [-0.3, -0.25) is 19.7 Å². The first-order valence-electron chi connectivity index (χ1n) is 4.72. The van der Waals surface area contributed by atoms with Crippen molar-refractivity contribution >= 4 is 23.4 Å². The lowest BCUT2D eigenvalue weighted by Gasteiger charge is -2.12. The second kappa shape index (κ2) is 6.21. The Morgan fingerprint density at radius 2 is 2.06 bits per heavy atom. The average Bonchev–Trinajstić information content (AvgIpc) is 2.35. The molecule has 0 atom stereocenters. The number of amides is 1. The Hall–Kier alpha value is -1.60. The number of carbonyl (C=O) groups excluding carboxylic acids is 1. The molecule has 0 spiro atoms. The molecule has 0 aromatic heterocycles. The van der Waals surface area contributed by atoms with E-state index in [0.29, 0.717) is 0 Å². The van der Waals surface area contributed by atoms with Crippen LogP contribution in [0.2, 0.25) is 0 Å². The lowest BCUT2D eigenvalue weighted by Crippen LogP contribution is -2.26. The lowest BCUT2D eigenvalue weighted by molar-refractivity contribution is -0.384. The largest absolute Gasteiger partial charge is 0.275 e. The standard InChI is InChI=1S/C10H12N2O4S/c1-11(16-2)10(13)7-17-9-5-3-8(4-6-9)12(14)15/h3-6H,7H2,1-2H3. The third-order valence-electron chi connectivity index (χ3n) is 2.03. The van der Waals surface area contributed by atoms with Crippen LogP contribution in [0.3, 0.4) is 0 Å². The maximum absolute atomic E-state index is 11.4. The number of thioether (sulfide) groups is 1. The number of benzene rings is 1. The summed E-state index contributed by atoms with van der Waals surface area (Å²) in [5.74, 6) is 0.0538. The van der Waals surface area contributed by atoms with Gasteiger partial charge in [-0.15, -0.1) is 11.8 Å². The van der Waals surface area contributed by atoms with Gasteiger partial charge in [0.25, 0.3) is 11.6 Å². The smallest absolute Gasteiger partial charge is 0.269 e. The van der Waals surface area contributed by atoms with Crippen molar-refractivity contribution in [3.8, 4) is 0 Å². The summed E-state index contributed by atoms with van der Waals surface area (Å²) in [6.45, 7) is 0. The topological polar surface area (TPSA) is 72.7 Å². The summed E-state index contributed by atoms with van der Waals surface area (Å²) in [5, 5.41) is 11.6. The molecule has 1 amide bonds. The van der Waals surface area contributed by atoms with Crippen LogP contribution in [0.1, 0.15) is 0 Å². The van der Waals surface area contributed by atoms with Crippen LogP contribution in [0.25, 0.3) is 0 Å².